The van der Waals surface area contributed by atoms with Crippen LogP contribution >= 0.6 is 7.82 Å². The third-order valence-corrected chi connectivity index (χ3v) is 14.5. The summed E-state index contributed by atoms with van der Waals surface area (Å²) in [7, 11) is 1.50. The molecule has 0 aliphatic rings. The van der Waals surface area contributed by atoms with Gasteiger partial charge in [0.2, 0.25) is 5.91 Å². The fourth-order valence-electron chi connectivity index (χ4n) is 8.72. The van der Waals surface area contributed by atoms with Gasteiger partial charge in [0.25, 0.3) is 0 Å². The van der Waals surface area contributed by atoms with E-state index in [0.717, 1.165) is 89.9 Å². The summed E-state index contributed by atoms with van der Waals surface area (Å²) < 4.78 is 30.6. The summed E-state index contributed by atoms with van der Waals surface area (Å²) in [5.41, 5.74) is 0. The van der Waals surface area contributed by atoms with Crippen LogP contribution in [0.4, 0.5) is 0 Å². The molecule has 0 aromatic carbocycles. The Morgan fingerprint density at radius 1 is 0.486 bits per heavy atom. The highest BCUT2D eigenvalue weighted by Gasteiger charge is 2.30. The fourth-order valence-corrected chi connectivity index (χ4v) is 9.45. The number of ether oxygens (including phenoxy) is 1. The molecule has 0 fully saturated rings. The summed E-state index contributed by atoms with van der Waals surface area (Å²) in [6.45, 7) is 6.96. The normalized spacial score (nSPS) is 14.0. The molecule has 1 amide bonds. The lowest BCUT2D eigenvalue weighted by Crippen LogP contribution is -2.47. The molecule has 3 atom stereocenters. The van der Waals surface area contributed by atoms with Gasteiger partial charge in [0.05, 0.1) is 33.8 Å². The highest BCUT2D eigenvalue weighted by molar-refractivity contribution is 7.47. The minimum Gasteiger partial charge on any atom is -0.456 e. The highest BCUT2D eigenvalue weighted by atomic mass is 31.2. The molecule has 0 heterocycles. The van der Waals surface area contributed by atoms with E-state index in [2.05, 4.69) is 62.5 Å². The maximum atomic E-state index is 13.5. The molecular formula is C62H118N2O7P+. The van der Waals surface area contributed by atoms with Crippen LogP contribution in [0.3, 0.4) is 0 Å². The maximum absolute atomic E-state index is 13.5. The molecule has 0 aromatic heterocycles. The number of hydrogen-bond donors (Lipinski definition) is 2. The van der Waals surface area contributed by atoms with Crippen LogP contribution in [0, 0.1) is 0 Å². The van der Waals surface area contributed by atoms with Gasteiger partial charge in [0.1, 0.15) is 19.3 Å². The Balaban J connectivity index is 5.12. The highest BCUT2D eigenvalue weighted by Crippen LogP contribution is 2.43. The number of nitrogens with one attached hydrogen (secondary N) is 1. The molecule has 0 bridgehead atoms. The smallest absolute Gasteiger partial charge is 0.456 e. The molecule has 72 heavy (non-hydrogen) atoms. The third-order valence-electron chi connectivity index (χ3n) is 13.5. The Bertz CT molecular complexity index is 1380. The molecular weight excluding hydrogens is 916 g/mol. The number of unbranched alkanes of at least 4 members (excludes halogenated alkanes) is 33. The van der Waals surface area contributed by atoms with E-state index in [4.69, 9.17) is 13.8 Å². The van der Waals surface area contributed by atoms with Gasteiger partial charge in [-0.05, 0) is 83.1 Å². The SMILES string of the molecule is CCCC/C=C\CCCCCCCC(=O)OC(/C=C\CCCCCCCCCCCC)C(COP(=O)(O)OCC[N+](C)(C)C)NC(=O)CCCCCCCCCCCCCCC/C=C\C/C=C\CCCCC. The summed E-state index contributed by atoms with van der Waals surface area (Å²) in [6.07, 6.45) is 64.0. The van der Waals surface area contributed by atoms with E-state index in [0.29, 0.717) is 17.4 Å². The Labute approximate surface area is 446 Å². The molecule has 0 spiro atoms. The minimum atomic E-state index is -4.44. The molecule has 0 aliphatic heterocycles. The molecule has 422 valence electrons. The number of phosphoric ester groups is 1. The van der Waals surface area contributed by atoms with Crippen LogP contribution in [0.2, 0.25) is 0 Å². The van der Waals surface area contributed by atoms with Crippen LogP contribution < -0.4 is 5.32 Å². The fraction of sp³-hybridized carbons (Fsp3) is 0.839. The van der Waals surface area contributed by atoms with E-state index in [1.165, 1.54) is 161 Å². The second-order valence-electron chi connectivity index (χ2n) is 21.9. The number of amides is 1. The second kappa shape index (κ2) is 52.4. The largest absolute Gasteiger partial charge is 0.472 e. The Hall–Kier alpha value is -2.03. The number of carbonyl (C=O) groups is 2. The molecule has 10 heteroatoms. The number of phosphoric acid groups is 1. The molecule has 0 rings (SSSR count). The van der Waals surface area contributed by atoms with Crippen molar-refractivity contribution in [3.8, 4) is 0 Å². The first kappa shape index (κ1) is 70.0. The molecule has 9 nitrogen and oxygen atoms in total. The zero-order chi connectivity index (χ0) is 52.9. The molecule has 0 saturated heterocycles. The van der Waals surface area contributed by atoms with Gasteiger partial charge in [-0.3, -0.25) is 18.6 Å². The van der Waals surface area contributed by atoms with E-state index < -0.39 is 20.0 Å². The van der Waals surface area contributed by atoms with Gasteiger partial charge in [-0.2, -0.15) is 0 Å². The predicted molar refractivity (Wildman–Crippen MR) is 309 cm³/mol. The lowest BCUT2D eigenvalue weighted by atomic mass is 10.0. The summed E-state index contributed by atoms with van der Waals surface area (Å²) in [6, 6.07) is -0.849. The van der Waals surface area contributed by atoms with E-state index in [1.807, 2.05) is 33.3 Å². The lowest BCUT2D eigenvalue weighted by Gasteiger charge is -2.27. The summed E-state index contributed by atoms with van der Waals surface area (Å²) >= 11 is 0. The van der Waals surface area contributed by atoms with Crippen molar-refractivity contribution in [2.45, 2.75) is 296 Å². The van der Waals surface area contributed by atoms with Crippen molar-refractivity contribution in [3.05, 3.63) is 48.6 Å². The maximum Gasteiger partial charge on any atom is 0.472 e. The number of nitrogens with zero attached hydrogens (tertiary/aromatic N) is 1. The van der Waals surface area contributed by atoms with Crippen molar-refractivity contribution in [1.29, 1.82) is 0 Å². The van der Waals surface area contributed by atoms with Crippen molar-refractivity contribution >= 4 is 19.7 Å². The van der Waals surface area contributed by atoms with Crippen LogP contribution in [0.25, 0.3) is 0 Å². The van der Waals surface area contributed by atoms with E-state index >= 15 is 0 Å². The molecule has 2 N–H and O–H groups in total. The first-order valence-corrected chi connectivity index (χ1v) is 32.0. The number of rotatable bonds is 55. The molecule has 0 saturated carbocycles. The number of carbonyl (C=O) groups excluding carboxylic acids is 2. The number of likely N-dealkylation sites (N-methyl/N-ethyl adjacent to an activating group) is 1. The zero-order valence-corrected chi connectivity index (χ0v) is 49.1. The van der Waals surface area contributed by atoms with Gasteiger partial charge in [-0.1, -0.05) is 237 Å². The number of hydrogen-bond acceptors (Lipinski definition) is 6. The Kier molecular flexibility index (Phi) is 50.9. The predicted octanol–water partition coefficient (Wildman–Crippen LogP) is 18.5. The quantitative estimate of drug-likeness (QED) is 0.0205. The van der Waals surface area contributed by atoms with Crippen LogP contribution in [0.1, 0.15) is 284 Å². The van der Waals surface area contributed by atoms with Crippen molar-refractivity contribution in [1.82, 2.24) is 5.32 Å². The van der Waals surface area contributed by atoms with Gasteiger partial charge in [0.15, 0.2) is 0 Å². The van der Waals surface area contributed by atoms with Crippen LogP contribution in [0.5, 0.6) is 0 Å². The lowest BCUT2D eigenvalue weighted by molar-refractivity contribution is -0.870. The van der Waals surface area contributed by atoms with Crippen molar-refractivity contribution in [2.24, 2.45) is 0 Å². The molecule has 0 aromatic rings. The average molecular weight is 1030 g/mol. The van der Waals surface area contributed by atoms with E-state index in [9.17, 15) is 19.0 Å². The summed E-state index contributed by atoms with van der Waals surface area (Å²) in [4.78, 5) is 37.6. The van der Waals surface area contributed by atoms with E-state index in [1.54, 1.807) is 0 Å². The molecule has 0 radical (unpaired) electrons. The Morgan fingerprint density at radius 3 is 1.33 bits per heavy atom. The minimum absolute atomic E-state index is 0.0393. The zero-order valence-electron chi connectivity index (χ0n) is 48.2. The number of esters is 1. The summed E-state index contributed by atoms with van der Waals surface area (Å²) in [5, 5.41) is 3.05. The number of allylic oxidation sites excluding steroid dienone is 7. The average Bonchev–Trinajstić information content (AvgIpc) is 3.34. The molecule has 0 aliphatic carbocycles. The first-order chi connectivity index (χ1) is 34.9. The second-order valence-corrected chi connectivity index (χ2v) is 23.3. The van der Waals surface area contributed by atoms with Crippen molar-refractivity contribution in [2.75, 3.05) is 40.9 Å². The molecule has 3 unspecified atom stereocenters. The first-order valence-electron chi connectivity index (χ1n) is 30.5. The van der Waals surface area contributed by atoms with Crippen LogP contribution in [-0.2, 0) is 27.9 Å². The third kappa shape index (κ3) is 52.8. The van der Waals surface area contributed by atoms with Crippen LogP contribution in [-0.4, -0.2) is 74.3 Å². The topological polar surface area (TPSA) is 111 Å². The van der Waals surface area contributed by atoms with Crippen molar-refractivity contribution in [3.63, 3.8) is 0 Å². The summed E-state index contributed by atoms with van der Waals surface area (Å²) in [5.74, 6) is -0.511. The standard InChI is InChI=1S/C62H117N2O7P/c1-7-10-13-16-19-22-25-27-28-29-30-31-32-33-34-35-36-37-40-42-45-48-51-54-61(65)63-59(58-70-72(67,68)69-57-56-64(4,5)6)60(53-50-47-44-41-39-26-23-20-17-14-11-8-2)71-62(66)55-52-49-46-43-38-24-21-18-15-12-9-3/h18-19,21-22,27-28,50,53,59-60H,7-17,20,23-26,29-49,51-52,54-58H2,1-6H3,(H-,63,65,67,68)/p+1/b21-18-,22-19-,28-27-,53-50-. The van der Waals surface area contributed by atoms with E-state index in [-0.39, 0.29) is 31.5 Å². The van der Waals surface area contributed by atoms with Gasteiger partial charge in [-0.25, -0.2) is 4.57 Å². The van der Waals surface area contributed by atoms with Gasteiger partial charge in [-0.15, -0.1) is 0 Å². The van der Waals surface area contributed by atoms with Gasteiger partial charge in [0, 0.05) is 12.8 Å². The van der Waals surface area contributed by atoms with Gasteiger partial charge < -0.3 is 19.4 Å². The van der Waals surface area contributed by atoms with Crippen LogP contribution in [0.15, 0.2) is 48.6 Å². The number of quaternary nitrogens is 1. The van der Waals surface area contributed by atoms with Crippen molar-refractivity contribution < 1.29 is 37.3 Å². The monoisotopic (exact) mass is 1030 g/mol. The Morgan fingerprint density at radius 2 is 0.861 bits per heavy atom. The van der Waals surface area contributed by atoms with Gasteiger partial charge >= 0.3 is 13.8 Å².